The van der Waals surface area contributed by atoms with E-state index in [1.807, 2.05) is 5.32 Å². The number of nitro groups is 1. The average Bonchev–Trinajstić information content (AvgIpc) is 2.23. The molecule has 0 atom stereocenters. The number of hydrogen-bond donors (Lipinski definition) is 2. The summed E-state index contributed by atoms with van der Waals surface area (Å²) < 4.78 is 36.2. The predicted molar refractivity (Wildman–Crippen MR) is 57.5 cm³/mol. The van der Waals surface area contributed by atoms with E-state index in [9.17, 15) is 23.3 Å². The van der Waals surface area contributed by atoms with E-state index in [1.54, 1.807) is 0 Å². The van der Waals surface area contributed by atoms with Crippen molar-refractivity contribution in [3.63, 3.8) is 0 Å². The first-order valence-corrected chi connectivity index (χ1v) is 4.76. The van der Waals surface area contributed by atoms with Gasteiger partial charge in [-0.3, -0.25) is 10.1 Å². The van der Waals surface area contributed by atoms with Crippen molar-refractivity contribution in [3.8, 4) is 0 Å². The molecule has 1 aromatic rings. The predicted octanol–water partition coefficient (Wildman–Crippen LogP) is 1.71. The van der Waals surface area contributed by atoms with Crippen molar-refractivity contribution in [2.24, 2.45) is 0 Å². The molecule has 0 spiro atoms. The molecule has 0 amide bonds. The van der Waals surface area contributed by atoms with E-state index in [0.29, 0.717) is 0 Å². The summed E-state index contributed by atoms with van der Waals surface area (Å²) in [5.74, 6) is -0.461. The van der Waals surface area contributed by atoms with Crippen LogP contribution >= 0.6 is 0 Å². The Bertz CT molecular complexity index is 463. The van der Waals surface area contributed by atoms with Crippen LogP contribution in [0.4, 0.5) is 30.6 Å². The van der Waals surface area contributed by atoms with Gasteiger partial charge in [-0.05, 0) is 6.92 Å². The molecule has 0 bridgehead atoms. The summed E-state index contributed by atoms with van der Waals surface area (Å²) in [6.45, 7) is -0.0904. The fourth-order valence-electron chi connectivity index (χ4n) is 1.20. The van der Waals surface area contributed by atoms with Crippen molar-refractivity contribution in [2.75, 3.05) is 24.2 Å². The smallest absolute Gasteiger partial charge is 0.357 e. The minimum Gasteiger partial charge on any atom is -0.357 e. The van der Waals surface area contributed by atoms with Crippen molar-refractivity contribution in [2.45, 2.75) is 13.1 Å². The first kappa shape index (κ1) is 13.9. The summed E-state index contributed by atoms with van der Waals surface area (Å²) in [6.07, 6.45) is -4.49. The second kappa shape index (κ2) is 5.02. The zero-order valence-electron chi connectivity index (χ0n) is 9.50. The number of rotatable bonds is 4. The molecule has 0 aliphatic carbocycles. The standard InChI is InChI=1S/C8H10F3N5O2/c1-4-5(16(17)18)6(13-3-8(9,10)11)15-7(12-2)14-4/h3H2,1-2H3,(H2,12,13,14,15). The van der Waals surface area contributed by atoms with Gasteiger partial charge in [0, 0.05) is 7.05 Å². The van der Waals surface area contributed by atoms with E-state index in [4.69, 9.17) is 0 Å². The van der Waals surface area contributed by atoms with Crippen LogP contribution in [0.25, 0.3) is 0 Å². The number of aryl methyl sites for hydroxylation is 1. The van der Waals surface area contributed by atoms with Gasteiger partial charge in [0.15, 0.2) is 0 Å². The molecule has 0 aliphatic rings. The topological polar surface area (TPSA) is 93.0 Å². The van der Waals surface area contributed by atoms with Crippen molar-refractivity contribution in [1.82, 2.24) is 9.97 Å². The van der Waals surface area contributed by atoms with Gasteiger partial charge in [0.05, 0.1) is 4.92 Å². The highest BCUT2D eigenvalue weighted by Crippen LogP contribution is 2.27. The molecular weight excluding hydrogens is 255 g/mol. The minimum atomic E-state index is -4.49. The molecule has 0 aliphatic heterocycles. The molecule has 0 fully saturated rings. The molecule has 10 heteroatoms. The van der Waals surface area contributed by atoms with Crippen LogP contribution < -0.4 is 10.6 Å². The zero-order chi connectivity index (χ0) is 13.9. The quantitative estimate of drug-likeness (QED) is 0.636. The summed E-state index contributed by atoms with van der Waals surface area (Å²) in [5.41, 5.74) is -0.595. The number of nitrogens with one attached hydrogen (secondary N) is 2. The van der Waals surface area contributed by atoms with E-state index in [0.717, 1.165) is 0 Å². The van der Waals surface area contributed by atoms with Crippen LogP contribution in [0.3, 0.4) is 0 Å². The molecule has 1 heterocycles. The summed E-state index contributed by atoms with van der Waals surface area (Å²) in [6, 6.07) is 0. The average molecular weight is 265 g/mol. The normalized spacial score (nSPS) is 11.2. The first-order chi connectivity index (χ1) is 8.24. The van der Waals surface area contributed by atoms with Gasteiger partial charge in [-0.25, -0.2) is 4.98 Å². The number of hydrogen-bond acceptors (Lipinski definition) is 6. The lowest BCUT2D eigenvalue weighted by atomic mass is 10.3. The van der Waals surface area contributed by atoms with Crippen LogP contribution in [0, 0.1) is 17.0 Å². The lowest BCUT2D eigenvalue weighted by Crippen LogP contribution is -2.23. The van der Waals surface area contributed by atoms with E-state index >= 15 is 0 Å². The molecule has 7 nitrogen and oxygen atoms in total. The lowest BCUT2D eigenvalue weighted by molar-refractivity contribution is -0.385. The first-order valence-electron chi connectivity index (χ1n) is 4.76. The lowest BCUT2D eigenvalue weighted by Gasteiger charge is -2.11. The van der Waals surface area contributed by atoms with E-state index in [2.05, 4.69) is 15.3 Å². The Labute approximate surface area is 99.6 Å². The molecule has 18 heavy (non-hydrogen) atoms. The van der Waals surface area contributed by atoms with Gasteiger partial charge in [-0.2, -0.15) is 18.2 Å². The number of aromatic nitrogens is 2. The van der Waals surface area contributed by atoms with Crippen LogP contribution in [0.5, 0.6) is 0 Å². The molecule has 0 radical (unpaired) electrons. The number of nitrogens with zero attached hydrogens (tertiary/aromatic N) is 3. The van der Waals surface area contributed by atoms with Gasteiger partial charge in [-0.15, -0.1) is 0 Å². The Morgan fingerprint density at radius 2 is 2.00 bits per heavy atom. The maximum atomic E-state index is 12.1. The van der Waals surface area contributed by atoms with Crippen LogP contribution in [-0.2, 0) is 0 Å². The second-order valence-corrected chi connectivity index (χ2v) is 3.31. The second-order valence-electron chi connectivity index (χ2n) is 3.31. The SMILES string of the molecule is CNc1nc(C)c([N+](=O)[O-])c(NCC(F)(F)F)n1. The van der Waals surface area contributed by atoms with E-state index in [1.165, 1.54) is 14.0 Å². The van der Waals surface area contributed by atoms with Gasteiger partial charge < -0.3 is 10.6 Å². The molecule has 100 valence electrons. The van der Waals surface area contributed by atoms with E-state index < -0.39 is 29.1 Å². The Hall–Kier alpha value is -2.13. The summed E-state index contributed by atoms with van der Waals surface area (Å²) in [4.78, 5) is 17.3. The Morgan fingerprint density at radius 3 is 2.44 bits per heavy atom. The van der Waals surface area contributed by atoms with Gasteiger partial charge in [0.25, 0.3) is 0 Å². The maximum Gasteiger partial charge on any atom is 0.405 e. The minimum absolute atomic E-state index is 0.00257. The number of halogens is 3. The summed E-state index contributed by atoms with van der Waals surface area (Å²) in [7, 11) is 1.45. The molecule has 0 aromatic carbocycles. The van der Waals surface area contributed by atoms with Gasteiger partial charge in [-0.1, -0.05) is 0 Å². The molecule has 0 saturated heterocycles. The molecule has 0 unspecified atom stereocenters. The van der Waals surface area contributed by atoms with Crippen molar-refractivity contribution >= 4 is 17.5 Å². The van der Waals surface area contributed by atoms with Crippen molar-refractivity contribution < 1.29 is 18.1 Å². The monoisotopic (exact) mass is 265 g/mol. The largest absolute Gasteiger partial charge is 0.405 e. The fraction of sp³-hybridized carbons (Fsp3) is 0.500. The Morgan fingerprint density at radius 1 is 1.39 bits per heavy atom. The van der Waals surface area contributed by atoms with Crippen LogP contribution in [0.2, 0.25) is 0 Å². The highest BCUT2D eigenvalue weighted by molar-refractivity contribution is 5.60. The highest BCUT2D eigenvalue weighted by Gasteiger charge is 2.30. The molecule has 1 aromatic heterocycles. The molecule has 1 rings (SSSR count). The fourth-order valence-corrected chi connectivity index (χ4v) is 1.20. The van der Waals surface area contributed by atoms with Crippen molar-refractivity contribution in [1.29, 1.82) is 0 Å². The summed E-state index contributed by atoms with van der Waals surface area (Å²) >= 11 is 0. The number of alkyl halides is 3. The zero-order valence-corrected chi connectivity index (χ0v) is 9.50. The third-order valence-electron chi connectivity index (χ3n) is 1.92. The van der Waals surface area contributed by atoms with Gasteiger partial charge in [0.1, 0.15) is 12.2 Å². The Kier molecular flexibility index (Phi) is 3.89. The van der Waals surface area contributed by atoms with E-state index in [-0.39, 0.29) is 11.6 Å². The third-order valence-corrected chi connectivity index (χ3v) is 1.92. The van der Waals surface area contributed by atoms with Crippen LogP contribution in [-0.4, -0.2) is 34.7 Å². The van der Waals surface area contributed by atoms with Crippen molar-refractivity contribution in [3.05, 3.63) is 15.8 Å². The molecule has 2 N–H and O–H groups in total. The van der Waals surface area contributed by atoms with Gasteiger partial charge >= 0.3 is 11.9 Å². The summed E-state index contributed by atoms with van der Waals surface area (Å²) in [5, 5.41) is 15.1. The van der Waals surface area contributed by atoms with Crippen LogP contribution in [0.1, 0.15) is 5.69 Å². The molecular formula is C8H10F3N5O2. The highest BCUT2D eigenvalue weighted by atomic mass is 19.4. The van der Waals surface area contributed by atoms with Crippen LogP contribution in [0.15, 0.2) is 0 Å². The Balaban J connectivity index is 3.13. The molecule has 0 saturated carbocycles. The third kappa shape index (κ3) is 3.43. The maximum absolute atomic E-state index is 12.1. The number of anilines is 2. The van der Waals surface area contributed by atoms with Gasteiger partial charge in [0.2, 0.25) is 11.8 Å².